The van der Waals surface area contributed by atoms with E-state index in [1.165, 1.54) is 16.6 Å². The van der Waals surface area contributed by atoms with Crippen LogP contribution in [0.1, 0.15) is 5.56 Å². The molecule has 0 radical (unpaired) electrons. The molecule has 4 heteroatoms. The Kier molecular flexibility index (Phi) is 2.36. The molecule has 0 amide bonds. The van der Waals surface area contributed by atoms with Gasteiger partial charge < -0.3 is 4.90 Å². The lowest BCUT2D eigenvalue weighted by atomic mass is 10.1. The summed E-state index contributed by atoms with van der Waals surface area (Å²) in [6.45, 7) is 0.935. The van der Waals surface area contributed by atoms with E-state index in [1.807, 2.05) is 30.9 Å². The van der Waals surface area contributed by atoms with Crippen molar-refractivity contribution in [2.45, 2.75) is 0 Å². The van der Waals surface area contributed by atoms with Crippen molar-refractivity contribution in [1.82, 2.24) is 14.5 Å². The average molecular weight is 262 g/mol. The van der Waals surface area contributed by atoms with Crippen molar-refractivity contribution in [1.29, 1.82) is 0 Å². The fourth-order valence-corrected chi connectivity index (χ4v) is 2.65. The summed E-state index contributed by atoms with van der Waals surface area (Å²) in [4.78, 5) is 11.0. The number of pyridine rings is 2. The van der Waals surface area contributed by atoms with Crippen LogP contribution in [-0.4, -0.2) is 28.1 Å². The number of hydrogen-bond acceptors (Lipinski definition) is 3. The number of fused-ring (bicyclic) bond motifs is 2. The number of hydrogen-bond donors (Lipinski definition) is 0. The molecule has 1 aliphatic rings. The Labute approximate surface area is 117 Å². The summed E-state index contributed by atoms with van der Waals surface area (Å²) in [5.41, 5.74) is 3.45. The Bertz CT molecular complexity index is 816. The lowest BCUT2D eigenvalue weighted by Crippen LogP contribution is -2.20. The van der Waals surface area contributed by atoms with Crippen LogP contribution >= 0.6 is 0 Å². The van der Waals surface area contributed by atoms with E-state index in [-0.39, 0.29) is 0 Å². The molecule has 0 aromatic carbocycles. The smallest absolute Gasteiger partial charge is 0.137 e. The predicted octanol–water partition coefficient (Wildman–Crippen LogP) is 2.88. The van der Waals surface area contributed by atoms with Crippen molar-refractivity contribution < 1.29 is 0 Å². The van der Waals surface area contributed by atoms with Gasteiger partial charge in [0.2, 0.25) is 0 Å². The van der Waals surface area contributed by atoms with Gasteiger partial charge in [0.1, 0.15) is 5.82 Å². The van der Waals surface area contributed by atoms with Crippen molar-refractivity contribution in [2.24, 2.45) is 0 Å². The van der Waals surface area contributed by atoms with Crippen LogP contribution in [0.4, 0.5) is 5.69 Å². The monoisotopic (exact) mass is 262 g/mol. The normalized spacial score (nSPS) is 13.8. The van der Waals surface area contributed by atoms with Crippen molar-refractivity contribution in [2.75, 3.05) is 18.5 Å². The summed E-state index contributed by atoms with van der Waals surface area (Å²) in [6.07, 6.45) is 12.0. The summed E-state index contributed by atoms with van der Waals surface area (Å²) in [5.74, 6) is 0.923. The van der Waals surface area contributed by atoms with Crippen LogP contribution in [0.5, 0.6) is 0 Å². The lowest BCUT2D eigenvalue weighted by molar-refractivity contribution is 0.983. The zero-order valence-electron chi connectivity index (χ0n) is 11.2. The standard InChI is InChI=1S/C16H14N4/c1-19-7-2-3-13-9-16(18-11-14(13)19)20-8-5-12-4-6-17-10-15(12)20/h2-6,8-11H,7H2,1H3. The van der Waals surface area contributed by atoms with Crippen molar-refractivity contribution in [3.05, 3.63) is 54.6 Å². The number of aromatic nitrogens is 3. The Balaban J connectivity index is 1.90. The third-order valence-electron chi connectivity index (χ3n) is 3.73. The Morgan fingerprint density at radius 2 is 2.15 bits per heavy atom. The highest BCUT2D eigenvalue weighted by Gasteiger charge is 2.12. The molecule has 98 valence electrons. The summed E-state index contributed by atoms with van der Waals surface area (Å²) in [6, 6.07) is 6.21. The Hall–Kier alpha value is -2.62. The molecule has 4 heterocycles. The largest absolute Gasteiger partial charge is 0.369 e. The topological polar surface area (TPSA) is 34.0 Å². The minimum atomic E-state index is 0.923. The molecule has 0 aliphatic carbocycles. The van der Waals surface area contributed by atoms with Gasteiger partial charge in [0.25, 0.3) is 0 Å². The molecule has 1 aliphatic heterocycles. The van der Waals surface area contributed by atoms with Crippen LogP contribution in [0.3, 0.4) is 0 Å². The van der Waals surface area contributed by atoms with Crippen LogP contribution in [0.25, 0.3) is 22.8 Å². The minimum Gasteiger partial charge on any atom is -0.369 e. The number of rotatable bonds is 1. The molecule has 0 N–H and O–H groups in total. The summed E-state index contributed by atoms with van der Waals surface area (Å²) < 4.78 is 2.07. The van der Waals surface area contributed by atoms with Crippen LogP contribution in [-0.2, 0) is 0 Å². The van der Waals surface area contributed by atoms with Gasteiger partial charge in [-0.05, 0) is 18.2 Å². The van der Waals surface area contributed by atoms with Crippen molar-refractivity contribution in [3.8, 4) is 5.82 Å². The number of likely N-dealkylation sites (N-methyl/N-ethyl adjacent to an activating group) is 1. The molecule has 3 aromatic heterocycles. The first-order valence-electron chi connectivity index (χ1n) is 6.62. The van der Waals surface area contributed by atoms with Crippen LogP contribution in [0.15, 0.2) is 49.1 Å². The molecule has 0 saturated carbocycles. The maximum atomic E-state index is 4.59. The molecule has 4 nitrogen and oxygen atoms in total. The zero-order valence-corrected chi connectivity index (χ0v) is 11.2. The van der Waals surface area contributed by atoms with Gasteiger partial charge in [0.15, 0.2) is 0 Å². The SMILES string of the molecule is CN1CC=Cc2cc(-n3ccc4ccncc43)ncc21. The third kappa shape index (κ3) is 1.61. The quantitative estimate of drug-likeness (QED) is 0.676. The molecule has 0 unspecified atom stereocenters. The van der Waals surface area contributed by atoms with Gasteiger partial charge in [-0.15, -0.1) is 0 Å². The lowest BCUT2D eigenvalue weighted by Gasteiger charge is -2.23. The molecule has 0 saturated heterocycles. The maximum Gasteiger partial charge on any atom is 0.137 e. The van der Waals surface area contributed by atoms with E-state index in [1.54, 1.807) is 0 Å². The van der Waals surface area contributed by atoms with E-state index in [9.17, 15) is 0 Å². The zero-order chi connectivity index (χ0) is 13.5. The number of anilines is 1. The van der Waals surface area contributed by atoms with Gasteiger partial charge in [-0.1, -0.05) is 12.2 Å². The molecular formula is C16H14N4. The molecule has 0 atom stereocenters. The van der Waals surface area contributed by atoms with E-state index in [0.717, 1.165) is 17.9 Å². The highest BCUT2D eigenvalue weighted by molar-refractivity contribution is 5.81. The van der Waals surface area contributed by atoms with Crippen LogP contribution in [0, 0.1) is 0 Å². The summed E-state index contributed by atoms with van der Waals surface area (Å²) in [7, 11) is 2.08. The Morgan fingerprint density at radius 1 is 1.20 bits per heavy atom. The maximum absolute atomic E-state index is 4.59. The summed E-state index contributed by atoms with van der Waals surface area (Å²) >= 11 is 0. The first-order valence-corrected chi connectivity index (χ1v) is 6.62. The second-order valence-corrected chi connectivity index (χ2v) is 5.00. The minimum absolute atomic E-state index is 0.923. The molecule has 0 bridgehead atoms. The highest BCUT2D eigenvalue weighted by Crippen LogP contribution is 2.26. The molecule has 3 aromatic rings. The molecule has 4 rings (SSSR count). The van der Waals surface area contributed by atoms with E-state index >= 15 is 0 Å². The third-order valence-corrected chi connectivity index (χ3v) is 3.73. The fourth-order valence-electron chi connectivity index (χ4n) is 2.65. The molecule has 0 spiro atoms. The van der Waals surface area contributed by atoms with Gasteiger partial charge in [-0.25, -0.2) is 4.98 Å². The van der Waals surface area contributed by atoms with E-state index < -0.39 is 0 Å². The van der Waals surface area contributed by atoms with Crippen molar-refractivity contribution >= 4 is 22.7 Å². The number of nitrogens with zero attached hydrogens (tertiary/aromatic N) is 4. The van der Waals surface area contributed by atoms with E-state index in [0.29, 0.717) is 0 Å². The highest BCUT2D eigenvalue weighted by atomic mass is 15.1. The second-order valence-electron chi connectivity index (χ2n) is 5.00. The molecular weight excluding hydrogens is 248 g/mol. The fraction of sp³-hybridized carbons (Fsp3) is 0.125. The molecule has 20 heavy (non-hydrogen) atoms. The van der Waals surface area contributed by atoms with Crippen LogP contribution < -0.4 is 4.90 Å². The predicted molar refractivity (Wildman–Crippen MR) is 81.2 cm³/mol. The average Bonchev–Trinajstić information content (AvgIpc) is 2.91. The van der Waals surface area contributed by atoms with E-state index in [2.05, 4.69) is 50.8 Å². The van der Waals surface area contributed by atoms with Gasteiger partial charge in [0, 0.05) is 36.9 Å². The first-order chi connectivity index (χ1) is 9.83. The van der Waals surface area contributed by atoms with Gasteiger partial charge in [0.05, 0.1) is 23.6 Å². The Morgan fingerprint density at radius 3 is 3.10 bits per heavy atom. The summed E-state index contributed by atoms with van der Waals surface area (Å²) in [5, 5.41) is 1.17. The van der Waals surface area contributed by atoms with Crippen molar-refractivity contribution in [3.63, 3.8) is 0 Å². The van der Waals surface area contributed by atoms with Gasteiger partial charge in [-0.2, -0.15) is 0 Å². The van der Waals surface area contributed by atoms with Gasteiger partial charge in [-0.3, -0.25) is 9.55 Å². The molecule has 0 fully saturated rings. The van der Waals surface area contributed by atoms with Crippen LogP contribution in [0.2, 0.25) is 0 Å². The first kappa shape index (κ1) is 11.2. The van der Waals surface area contributed by atoms with E-state index in [4.69, 9.17) is 0 Å². The second kappa shape index (κ2) is 4.20. The van der Waals surface area contributed by atoms with Gasteiger partial charge >= 0.3 is 0 Å².